The van der Waals surface area contributed by atoms with Crippen molar-refractivity contribution in [3.63, 3.8) is 0 Å². The summed E-state index contributed by atoms with van der Waals surface area (Å²) in [6, 6.07) is 20.7. The molecule has 1 N–H and O–H groups in total. The topological polar surface area (TPSA) is 62.5 Å². The molecule has 0 spiro atoms. The molecule has 1 unspecified atom stereocenters. The van der Waals surface area contributed by atoms with Crippen molar-refractivity contribution in [1.82, 2.24) is 4.57 Å². The fraction of sp³-hybridized carbons (Fsp3) is 0.273. The summed E-state index contributed by atoms with van der Waals surface area (Å²) < 4.78 is 42.7. The van der Waals surface area contributed by atoms with Crippen molar-refractivity contribution in [2.24, 2.45) is 0 Å². The van der Waals surface area contributed by atoms with Crippen LogP contribution in [0.5, 0.6) is 0 Å². The summed E-state index contributed by atoms with van der Waals surface area (Å²) in [7, 11) is 0. The van der Waals surface area contributed by atoms with E-state index in [9.17, 15) is 27.9 Å². The third kappa shape index (κ3) is 5.68. The predicted molar refractivity (Wildman–Crippen MR) is 158 cm³/mol. The Bertz CT molecular complexity index is 1690. The van der Waals surface area contributed by atoms with Gasteiger partial charge in [-0.05, 0) is 51.8 Å². The monoisotopic (exact) mass is 594 g/mol. The van der Waals surface area contributed by atoms with Crippen LogP contribution in [-0.4, -0.2) is 22.2 Å². The summed E-state index contributed by atoms with van der Waals surface area (Å²) >= 11 is 6.73. The maximum absolute atomic E-state index is 13.8. The highest BCUT2D eigenvalue weighted by atomic mass is 35.5. The lowest BCUT2D eigenvalue weighted by Gasteiger charge is -2.25. The van der Waals surface area contributed by atoms with Crippen LogP contribution in [-0.2, 0) is 29.4 Å². The molecule has 3 aromatic carbocycles. The molecule has 42 heavy (non-hydrogen) atoms. The molecule has 1 atom stereocenters. The molecule has 1 aliphatic rings. The molecule has 0 saturated heterocycles. The number of carboxylic acids is 1. The number of aliphatic carboxylic acids is 1. The van der Waals surface area contributed by atoms with Crippen LogP contribution in [0.4, 0.5) is 19.0 Å². The molecule has 0 amide bonds. The molecule has 0 bridgehead atoms. The van der Waals surface area contributed by atoms with Gasteiger partial charge in [-0.1, -0.05) is 99.1 Å². The second-order valence-electron chi connectivity index (χ2n) is 11.6. The number of hydrogen-bond donors (Lipinski definition) is 1. The van der Waals surface area contributed by atoms with Crippen LogP contribution in [0.25, 0.3) is 11.1 Å². The van der Waals surface area contributed by atoms with Crippen molar-refractivity contribution in [1.29, 1.82) is 0 Å². The van der Waals surface area contributed by atoms with Crippen molar-refractivity contribution in [3.8, 4) is 11.1 Å². The molecular formula is C33H30ClF3N2O3. The van der Waals surface area contributed by atoms with Gasteiger partial charge in [-0.2, -0.15) is 13.2 Å². The van der Waals surface area contributed by atoms with E-state index in [0.717, 1.165) is 33.4 Å². The van der Waals surface area contributed by atoms with Crippen molar-refractivity contribution in [3.05, 3.63) is 122 Å². The normalized spacial score (nSPS) is 15.1. The van der Waals surface area contributed by atoms with Crippen LogP contribution in [0.1, 0.15) is 54.6 Å². The molecule has 0 fully saturated rings. The second-order valence-corrected chi connectivity index (χ2v) is 12.0. The van der Waals surface area contributed by atoms with Crippen LogP contribution in [0.15, 0.2) is 83.7 Å². The van der Waals surface area contributed by atoms with E-state index >= 15 is 0 Å². The van der Waals surface area contributed by atoms with Gasteiger partial charge in [-0.3, -0.25) is 9.36 Å². The zero-order chi connectivity index (χ0) is 30.4. The highest BCUT2D eigenvalue weighted by molar-refractivity contribution is 6.31. The van der Waals surface area contributed by atoms with Gasteiger partial charge in [0.25, 0.3) is 5.56 Å². The molecule has 2 heterocycles. The molecule has 5 rings (SSSR count). The van der Waals surface area contributed by atoms with Crippen molar-refractivity contribution in [2.45, 2.75) is 51.4 Å². The number of benzene rings is 3. The SMILES string of the molecule is CC(C)(C)c1ccc(Cc2c(-c3cccc(C(F)(F)F)c3)c3n(c(=O)c2Cl)C(C(=O)O)CN3Cc2ccccc2)cc1. The van der Waals surface area contributed by atoms with Crippen molar-refractivity contribution >= 4 is 23.4 Å². The molecule has 0 saturated carbocycles. The summed E-state index contributed by atoms with van der Waals surface area (Å²) in [5, 5.41) is 9.88. The van der Waals surface area contributed by atoms with Crippen molar-refractivity contribution < 1.29 is 23.1 Å². The zero-order valence-electron chi connectivity index (χ0n) is 23.4. The van der Waals surface area contributed by atoms with E-state index < -0.39 is 29.3 Å². The van der Waals surface area contributed by atoms with Crippen LogP contribution in [0, 0.1) is 0 Å². The molecule has 5 nitrogen and oxygen atoms in total. The first kappa shape index (κ1) is 29.5. The molecule has 9 heteroatoms. The highest BCUT2D eigenvalue weighted by Gasteiger charge is 2.39. The third-order valence-corrected chi connectivity index (χ3v) is 8.00. The molecule has 1 aromatic heterocycles. The Labute approximate surface area is 246 Å². The number of carboxylic acid groups (broad SMARTS) is 1. The number of halogens is 4. The Morgan fingerprint density at radius 2 is 1.60 bits per heavy atom. The van der Waals surface area contributed by atoms with Gasteiger partial charge in [0.1, 0.15) is 10.8 Å². The summed E-state index contributed by atoms with van der Waals surface area (Å²) in [5.41, 5.74) is 1.98. The van der Waals surface area contributed by atoms with Gasteiger partial charge in [0.15, 0.2) is 6.04 Å². The number of anilines is 1. The van der Waals surface area contributed by atoms with Gasteiger partial charge in [-0.25, -0.2) is 4.79 Å². The Kier molecular flexibility index (Phi) is 7.70. The van der Waals surface area contributed by atoms with Gasteiger partial charge < -0.3 is 10.0 Å². The number of aromatic nitrogens is 1. The van der Waals surface area contributed by atoms with Crippen molar-refractivity contribution in [2.75, 3.05) is 11.4 Å². The Morgan fingerprint density at radius 1 is 0.929 bits per heavy atom. The Balaban J connectivity index is 1.78. The minimum Gasteiger partial charge on any atom is -0.480 e. The van der Waals surface area contributed by atoms with Gasteiger partial charge in [-0.15, -0.1) is 0 Å². The summed E-state index contributed by atoms with van der Waals surface area (Å²) in [4.78, 5) is 27.9. The average molecular weight is 595 g/mol. The lowest BCUT2D eigenvalue weighted by Crippen LogP contribution is -2.29. The van der Waals surface area contributed by atoms with Gasteiger partial charge in [0, 0.05) is 12.1 Å². The number of carbonyl (C=O) groups is 1. The molecule has 4 aromatic rings. The molecular weight excluding hydrogens is 565 g/mol. The smallest absolute Gasteiger partial charge is 0.416 e. The number of fused-ring (bicyclic) bond motifs is 1. The van der Waals surface area contributed by atoms with Crippen LogP contribution in [0.2, 0.25) is 5.02 Å². The molecule has 218 valence electrons. The first-order valence-corrected chi connectivity index (χ1v) is 13.9. The third-order valence-electron chi connectivity index (χ3n) is 7.61. The fourth-order valence-electron chi connectivity index (χ4n) is 5.45. The maximum atomic E-state index is 13.8. The number of rotatable bonds is 6. The lowest BCUT2D eigenvalue weighted by molar-refractivity contribution is -0.140. The minimum atomic E-state index is -4.61. The molecule has 0 aliphatic carbocycles. The van der Waals surface area contributed by atoms with Crippen LogP contribution >= 0.6 is 11.6 Å². The number of pyridine rings is 1. The minimum absolute atomic E-state index is 0.0501. The number of nitrogens with zero attached hydrogens (tertiary/aromatic N) is 2. The number of hydrogen-bond acceptors (Lipinski definition) is 3. The standard InChI is InChI=1S/C33H30ClF3N2O3/c1-32(2,3)23-14-12-20(13-15-23)16-25-27(22-10-7-11-24(17-22)33(35,36)37)29-38(18-21-8-5-4-6-9-21)19-26(31(41)42)39(29)30(40)28(25)34/h4-15,17,26H,16,18-19H2,1-3H3,(H,41,42). The second kappa shape index (κ2) is 11.0. The van der Waals surface area contributed by atoms with E-state index in [1.54, 1.807) is 4.90 Å². The van der Waals surface area contributed by atoms with E-state index in [2.05, 4.69) is 20.8 Å². The Morgan fingerprint density at radius 3 is 2.19 bits per heavy atom. The van der Waals surface area contributed by atoms with E-state index in [1.807, 2.05) is 54.6 Å². The van der Waals surface area contributed by atoms with Gasteiger partial charge in [0.2, 0.25) is 0 Å². The first-order chi connectivity index (χ1) is 19.8. The predicted octanol–water partition coefficient (Wildman–Crippen LogP) is 7.72. The molecule has 0 radical (unpaired) electrons. The van der Waals surface area contributed by atoms with Crippen LogP contribution in [0.3, 0.4) is 0 Å². The average Bonchev–Trinajstić information content (AvgIpc) is 3.31. The summed E-state index contributed by atoms with van der Waals surface area (Å²) in [6.07, 6.45) is -4.44. The van der Waals surface area contributed by atoms with Gasteiger partial charge in [0.05, 0.1) is 12.1 Å². The zero-order valence-corrected chi connectivity index (χ0v) is 24.1. The summed E-state index contributed by atoms with van der Waals surface area (Å²) in [6.45, 7) is 6.47. The number of alkyl halides is 3. The van der Waals surface area contributed by atoms with E-state index in [4.69, 9.17) is 11.6 Å². The quantitative estimate of drug-likeness (QED) is 0.248. The van der Waals surface area contributed by atoms with E-state index in [0.29, 0.717) is 11.1 Å². The molecule has 1 aliphatic heterocycles. The highest BCUT2D eigenvalue weighted by Crippen LogP contribution is 2.44. The Hall–Kier alpha value is -4.04. The van der Waals surface area contributed by atoms with E-state index in [-0.39, 0.29) is 41.3 Å². The van der Waals surface area contributed by atoms with E-state index in [1.165, 1.54) is 12.1 Å². The van der Waals surface area contributed by atoms with Gasteiger partial charge >= 0.3 is 12.1 Å². The first-order valence-electron chi connectivity index (χ1n) is 13.5. The fourth-order valence-corrected chi connectivity index (χ4v) is 5.70. The van der Waals surface area contributed by atoms with Crippen LogP contribution < -0.4 is 10.5 Å². The summed E-state index contributed by atoms with van der Waals surface area (Å²) in [5.74, 6) is -0.994. The maximum Gasteiger partial charge on any atom is 0.416 e. The lowest BCUT2D eigenvalue weighted by atomic mass is 9.86. The largest absolute Gasteiger partial charge is 0.480 e.